The van der Waals surface area contributed by atoms with Crippen molar-refractivity contribution in [3.63, 3.8) is 0 Å². The van der Waals surface area contributed by atoms with Gasteiger partial charge in [-0.3, -0.25) is 14.9 Å². The number of amides is 1. The molecule has 0 radical (unpaired) electrons. The first-order chi connectivity index (χ1) is 12.3. The van der Waals surface area contributed by atoms with Crippen LogP contribution in [-0.4, -0.2) is 21.1 Å². The quantitative estimate of drug-likeness (QED) is 0.466. The van der Waals surface area contributed by atoms with Crippen molar-refractivity contribution < 1.29 is 14.8 Å². The fourth-order valence-electron chi connectivity index (χ4n) is 2.23. The molecule has 0 atom stereocenters. The Balaban J connectivity index is 1.89. The molecule has 1 amide bonds. The molecule has 132 valence electrons. The van der Waals surface area contributed by atoms with Crippen molar-refractivity contribution in [2.75, 3.05) is 0 Å². The maximum Gasteiger partial charge on any atom is 0.311 e. The third-order valence-corrected chi connectivity index (χ3v) is 4.93. The van der Waals surface area contributed by atoms with Crippen molar-refractivity contribution in [3.05, 3.63) is 67.6 Å². The van der Waals surface area contributed by atoms with Gasteiger partial charge in [0.2, 0.25) is 0 Å². The van der Waals surface area contributed by atoms with E-state index >= 15 is 0 Å². The molecule has 3 rings (SSSR count). The van der Waals surface area contributed by atoms with Gasteiger partial charge in [0.1, 0.15) is 0 Å². The van der Waals surface area contributed by atoms with Crippen molar-refractivity contribution in [1.82, 2.24) is 5.32 Å². The lowest BCUT2D eigenvalue weighted by atomic mass is 10.1. The molecule has 1 saturated heterocycles. The summed E-state index contributed by atoms with van der Waals surface area (Å²) in [5.41, 5.74) is 1.43. The minimum atomic E-state index is -0.686. The fourth-order valence-corrected chi connectivity index (χ4v) is 3.24. The van der Waals surface area contributed by atoms with E-state index in [0.29, 0.717) is 26.3 Å². The van der Waals surface area contributed by atoms with Gasteiger partial charge in [-0.05, 0) is 54.1 Å². The van der Waals surface area contributed by atoms with Crippen molar-refractivity contribution in [2.24, 2.45) is 4.99 Å². The van der Waals surface area contributed by atoms with E-state index in [2.05, 4.69) is 10.3 Å². The lowest BCUT2D eigenvalue weighted by Gasteiger charge is -2.02. The number of nitrogens with one attached hydrogen (secondary N) is 1. The molecule has 1 aliphatic heterocycles. The molecule has 0 aliphatic carbocycles. The number of phenolic OH excluding ortho intramolecular Hbond substituents is 1. The van der Waals surface area contributed by atoms with Gasteiger partial charge in [0.25, 0.3) is 5.91 Å². The van der Waals surface area contributed by atoms with Crippen molar-refractivity contribution in [1.29, 1.82) is 0 Å². The first-order valence-corrected chi connectivity index (χ1v) is 8.56. The smallest absolute Gasteiger partial charge is 0.311 e. The lowest BCUT2D eigenvalue weighted by Crippen LogP contribution is -2.19. The molecule has 0 aromatic heterocycles. The van der Waals surface area contributed by atoms with Crippen LogP contribution in [0.15, 0.2) is 46.3 Å². The molecule has 7 nitrogen and oxygen atoms in total. The molecule has 1 aliphatic rings. The number of thioether (sulfide) groups is 1. The summed E-state index contributed by atoms with van der Waals surface area (Å²) in [6.07, 6.45) is 1.50. The normalized spacial score (nSPS) is 16.9. The Morgan fingerprint density at radius 2 is 2.12 bits per heavy atom. The highest BCUT2D eigenvalue weighted by Crippen LogP contribution is 2.32. The largest absolute Gasteiger partial charge is 0.502 e. The summed E-state index contributed by atoms with van der Waals surface area (Å²) in [4.78, 5) is 27.1. The number of phenols is 1. The Morgan fingerprint density at radius 1 is 1.35 bits per heavy atom. The Morgan fingerprint density at radius 3 is 2.85 bits per heavy atom. The van der Waals surface area contributed by atoms with Crippen LogP contribution in [0.1, 0.15) is 11.1 Å². The Bertz CT molecular complexity index is 988. The van der Waals surface area contributed by atoms with E-state index in [1.807, 2.05) is 6.92 Å². The van der Waals surface area contributed by atoms with Crippen molar-refractivity contribution in [3.8, 4) is 5.75 Å². The van der Waals surface area contributed by atoms with E-state index in [4.69, 9.17) is 11.6 Å². The molecule has 1 fully saturated rings. The Hall–Kier alpha value is -2.84. The topological polar surface area (TPSA) is 105 Å². The summed E-state index contributed by atoms with van der Waals surface area (Å²) >= 11 is 7.18. The van der Waals surface area contributed by atoms with E-state index in [-0.39, 0.29) is 5.91 Å². The third kappa shape index (κ3) is 3.71. The average molecular weight is 390 g/mol. The molecular weight excluding hydrogens is 378 g/mol. The van der Waals surface area contributed by atoms with Gasteiger partial charge in [-0.15, -0.1) is 0 Å². The molecule has 0 spiro atoms. The molecule has 2 aromatic rings. The first-order valence-electron chi connectivity index (χ1n) is 7.37. The van der Waals surface area contributed by atoms with Gasteiger partial charge in [-0.1, -0.05) is 23.7 Å². The van der Waals surface area contributed by atoms with Crippen molar-refractivity contribution in [2.45, 2.75) is 6.92 Å². The van der Waals surface area contributed by atoms with Crippen LogP contribution in [0, 0.1) is 17.0 Å². The minimum Gasteiger partial charge on any atom is -0.502 e. The molecule has 0 saturated carbocycles. The second-order valence-electron chi connectivity index (χ2n) is 5.37. The van der Waals surface area contributed by atoms with E-state index in [9.17, 15) is 20.0 Å². The van der Waals surface area contributed by atoms with Gasteiger partial charge in [0.05, 0.1) is 15.5 Å². The highest BCUT2D eigenvalue weighted by atomic mass is 35.5. The molecule has 9 heteroatoms. The number of carbonyl (C=O) groups is 1. The number of rotatable bonds is 3. The van der Waals surface area contributed by atoms with Crippen LogP contribution in [0.4, 0.5) is 11.4 Å². The van der Waals surface area contributed by atoms with Gasteiger partial charge in [0, 0.05) is 11.1 Å². The van der Waals surface area contributed by atoms with Crippen LogP contribution in [0.3, 0.4) is 0 Å². The van der Waals surface area contributed by atoms with Crippen LogP contribution in [0.5, 0.6) is 5.75 Å². The Labute approximate surface area is 157 Å². The zero-order chi connectivity index (χ0) is 18.8. The number of carbonyl (C=O) groups excluding carboxylic acids is 1. The number of nitro benzene ring substituents is 1. The first kappa shape index (κ1) is 18.0. The monoisotopic (exact) mass is 389 g/mol. The van der Waals surface area contributed by atoms with Gasteiger partial charge in [-0.25, -0.2) is 4.99 Å². The molecule has 1 heterocycles. The van der Waals surface area contributed by atoms with Crippen LogP contribution >= 0.6 is 23.4 Å². The number of aliphatic imine (C=N–C) groups is 1. The molecule has 2 N–H and O–H groups in total. The second-order valence-corrected chi connectivity index (χ2v) is 6.81. The van der Waals surface area contributed by atoms with Crippen molar-refractivity contribution >= 4 is 51.9 Å². The predicted molar refractivity (Wildman–Crippen MR) is 102 cm³/mol. The number of hydrogen-bond acceptors (Lipinski definition) is 6. The molecular formula is C17H12ClN3O4S. The number of halogens is 1. The van der Waals surface area contributed by atoms with Crippen LogP contribution in [-0.2, 0) is 4.79 Å². The van der Waals surface area contributed by atoms with E-state index in [1.165, 1.54) is 24.3 Å². The number of nitro groups is 1. The minimum absolute atomic E-state index is 0.336. The maximum atomic E-state index is 12.1. The van der Waals surface area contributed by atoms with E-state index in [0.717, 1.165) is 17.3 Å². The summed E-state index contributed by atoms with van der Waals surface area (Å²) in [6, 6.07) is 9.21. The second kappa shape index (κ2) is 7.19. The number of aromatic hydroxyl groups is 1. The number of hydrogen-bond donors (Lipinski definition) is 2. The summed E-state index contributed by atoms with van der Waals surface area (Å²) in [6.45, 7) is 1.83. The zero-order valence-corrected chi connectivity index (χ0v) is 15.0. The number of nitrogens with zero attached hydrogens (tertiary/aromatic N) is 2. The fraction of sp³-hybridized carbons (Fsp3) is 0.0588. The highest BCUT2D eigenvalue weighted by Gasteiger charge is 2.24. The number of benzene rings is 2. The third-order valence-electron chi connectivity index (χ3n) is 3.61. The number of amidine groups is 1. The summed E-state index contributed by atoms with van der Waals surface area (Å²) in [5.74, 6) is -0.788. The average Bonchev–Trinajstić information content (AvgIpc) is 2.93. The molecule has 26 heavy (non-hydrogen) atoms. The summed E-state index contributed by atoms with van der Waals surface area (Å²) in [7, 11) is 0. The summed E-state index contributed by atoms with van der Waals surface area (Å²) in [5, 5.41) is 24.0. The predicted octanol–water partition coefficient (Wildman–Crippen LogP) is 4.15. The molecule has 0 bridgehead atoms. The molecule has 0 unspecified atom stereocenters. The SMILES string of the molecule is Cc1c(Cl)cccc1N=C1NC(=O)C(=Cc2ccc(O)c([N+](=O)[O-])c2)S1. The van der Waals surface area contributed by atoms with Gasteiger partial charge in [-0.2, -0.15) is 0 Å². The van der Waals surface area contributed by atoms with Crippen LogP contribution < -0.4 is 5.32 Å². The van der Waals surface area contributed by atoms with Crippen LogP contribution in [0.2, 0.25) is 5.02 Å². The lowest BCUT2D eigenvalue weighted by molar-refractivity contribution is -0.385. The maximum absolute atomic E-state index is 12.1. The van der Waals surface area contributed by atoms with Crippen LogP contribution in [0.25, 0.3) is 6.08 Å². The standard InChI is InChI=1S/C17H12ClN3O4S/c1-9-11(18)3-2-4-12(9)19-17-20-16(23)15(26-17)8-10-5-6-14(22)13(7-10)21(24)25/h2-8,22H,1H3,(H,19,20,23). The highest BCUT2D eigenvalue weighted by molar-refractivity contribution is 8.18. The zero-order valence-electron chi connectivity index (χ0n) is 13.4. The van der Waals surface area contributed by atoms with E-state index in [1.54, 1.807) is 18.2 Å². The van der Waals surface area contributed by atoms with E-state index < -0.39 is 16.4 Å². The van der Waals surface area contributed by atoms with Gasteiger partial charge >= 0.3 is 5.69 Å². The van der Waals surface area contributed by atoms with Gasteiger partial charge in [0.15, 0.2) is 10.9 Å². The summed E-state index contributed by atoms with van der Waals surface area (Å²) < 4.78 is 0. The molecule has 2 aromatic carbocycles. The Kier molecular flexibility index (Phi) is 4.97. The van der Waals surface area contributed by atoms with Gasteiger partial charge < -0.3 is 10.4 Å².